The number of sulfonamides is 1. The lowest BCUT2D eigenvalue weighted by Crippen LogP contribution is -2.35. The fraction of sp³-hybridized carbons (Fsp3) is 0.333. The smallest absolute Gasteiger partial charge is 0.286 e. The predicted octanol–water partition coefficient (Wildman–Crippen LogP) is 4.59. The quantitative estimate of drug-likeness (QED) is 0.716. The average Bonchev–Trinajstić information content (AvgIpc) is 2.94. The van der Waals surface area contributed by atoms with Gasteiger partial charge >= 0.3 is 0 Å². The van der Waals surface area contributed by atoms with Crippen LogP contribution >= 0.6 is 11.6 Å². The molecule has 0 spiro atoms. The molecule has 0 radical (unpaired) electrons. The molecule has 1 fully saturated rings. The topological polar surface area (TPSA) is 78.8 Å². The number of hydrogen-bond acceptors (Lipinski definition) is 4. The minimum absolute atomic E-state index is 0.0353. The summed E-state index contributed by atoms with van der Waals surface area (Å²) in [7, 11) is -3.98. The van der Waals surface area contributed by atoms with E-state index in [0.29, 0.717) is 30.1 Å². The maximum atomic E-state index is 13.5. The van der Waals surface area contributed by atoms with Gasteiger partial charge in [-0.15, -0.1) is 4.40 Å². The van der Waals surface area contributed by atoms with E-state index in [-0.39, 0.29) is 15.5 Å². The van der Waals surface area contributed by atoms with Crippen LogP contribution in [0.3, 0.4) is 0 Å². The zero-order valence-corrected chi connectivity index (χ0v) is 18.2. The number of carbonyl (C=O) groups excluding carboxylic acids is 1. The molecule has 1 N–H and O–H groups in total. The van der Waals surface area contributed by atoms with Gasteiger partial charge in [0.1, 0.15) is 10.7 Å². The normalized spacial score (nSPS) is 18.3. The van der Waals surface area contributed by atoms with E-state index < -0.39 is 33.6 Å². The van der Waals surface area contributed by atoms with Crippen molar-refractivity contribution in [1.82, 2.24) is 5.32 Å². The number of rotatable bonds is 3. The first-order valence-electron chi connectivity index (χ1n) is 9.88. The Morgan fingerprint density at radius 3 is 2.68 bits per heavy atom. The first-order valence-corrected chi connectivity index (χ1v) is 11.7. The zero-order chi connectivity index (χ0) is 22.3. The Hall–Kier alpha value is -2.52. The lowest BCUT2D eigenvalue weighted by Gasteiger charge is -2.30. The van der Waals surface area contributed by atoms with Crippen LogP contribution in [0.1, 0.15) is 54.6 Å². The molecule has 0 bridgehead atoms. The molecular formula is C21H20ClF2N3O3S. The third-order valence-corrected chi connectivity index (χ3v) is 7.12. The number of nitrogens with zero attached hydrogens (tertiary/aromatic N) is 2. The van der Waals surface area contributed by atoms with Crippen molar-refractivity contribution in [2.75, 3.05) is 11.4 Å². The number of halogens is 3. The molecule has 0 saturated carbocycles. The highest BCUT2D eigenvalue weighted by atomic mass is 35.5. The second kappa shape index (κ2) is 8.20. The lowest BCUT2D eigenvalue weighted by atomic mass is 10.1. The van der Waals surface area contributed by atoms with Crippen molar-refractivity contribution >= 4 is 39.1 Å². The first kappa shape index (κ1) is 21.7. The highest BCUT2D eigenvalue weighted by Crippen LogP contribution is 2.38. The van der Waals surface area contributed by atoms with Gasteiger partial charge in [-0.2, -0.15) is 8.42 Å². The van der Waals surface area contributed by atoms with Crippen molar-refractivity contribution in [3.05, 3.63) is 58.1 Å². The van der Waals surface area contributed by atoms with E-state index >= 15 is 0 Å². The molecule has 0 aromatic heterocycles. The van der Waals surface area contributed by atoms with Crippen molar-refractivity contribution in [3.8, 4) is 0 Å². The van der Waals surface area contributed by atoms with Crippen LogP contribution in [-0.2, 0) is 10.0 Å². The largest absolute Gasteiger partial charge is 0.345 e. The van der Waals surface area contributed by atoms with E-state index in [0.717, 1.165) is 31.4 Å². The van der Waals surface area contributed by atoms with Crippen LogP contribution < -0.4 is 10.2 Å². The number of amidine groups is 1. The second-order valence-electron chi connectivity index (χ2n) is 7.61. The van der Waals surface area contributed by atoms with Gasteiger partial charge in [0.05, 0.1) is 22.3 Å². The number of anilines is 1. The fourth-order valence-electron chi connectivity index (χ4n) is 3.81. The van der Waals surface area contributed by atoms with E-state index in [9.17, 15) is 22.0 Å². The van der Waals surface area contributed by atoms with Crippen LogP contribution in [0.25, 0.3) is 0 Å². The summed E-state index contributed by atoms with van der Waals surface area (Å²) in [5.74, 6) is -2.16. The maximum Gasteiger partial charge on any atom is 0.286 e. The van der Waals surface area contributed by atoms with Crippen molar-refractivity contribution < 1.29 is 22.0 Å². The summed E-state index contributed by atoms with van der Waals surface area (Å²) in [6.07, 6.45) is 3.28. The minimum atomic E-state index is -3.98. The molecule has 2 aromatic carbocycles. The van der Waals surface area contributed by atoms with Crippen LogP contribution in [0.2, 0.25) is 5.02 Å². The summed E-state index contributed by atoms with van der Waals surface area (Å²) in [6.45, 7) is 2.22. The van der Waals surface area contributed by atoms with Gasteiger partial charge in [0, 0.05) is 13.0 Å². The molecule has 10 heteroatoms. The van der Waals surface area contributed by atoms with Gasteiger partial charge < -0.3 is 10.2 Å². The lowest BCUT2D eigenvalue weighted by molar-refractivity contribution is 0.0939. The molecule has 2 heterocycles. The summed E-state index contributed by atoms with van der Waals surface area (Å²) in [6, 6.07) is 5.37. The van der Waals surface area contributed by atoms with Crippen LogP contribution in [0, 0.1) is 11.6 Å². The number of amides is 1. The summed E-state index contributed by atoms with van der Waals surface area (Å²) in [5.41, 5.74) is 0.738. The van der Waals surface area contributed by atoms with Crippen LogP contribution in [-0.4, -0.2) is 26.7 Å². The average molecular weight is 468 g/mol. The molecular weight excluding hydrogens is 448 g/mol. The van der Waals surface area contributed by atoms with E-state index in [2.05, 4.69) is 9.71 Å². The Bertz CT molecular complexity index is 1200. The van der Waals surface area contributed by atoms with E-state index in [1.165, 1.54) is 18.2 Å². The van der Waals surface area contributed by atoms with Crippen LogP contribution in [0.15, 0.2) is 39.6 Å². The molecule has 31 heavy (non-hydrogen) atoms. The van der Waals surface area contributed by atoms with E-state index in [1.807, 2.05) is 4.90 Å². The Kier molecular flexibility index (Phi) is 5.74. The minimum Gasteiger partial charge on any atom is -0.345 e. The Labute approximate surface area is 184 Å². The second-order valence-corrected chi connectivity index (χ2v) is 9.59. The molecule has 2 aromatic rings. The third kappa shape index (κ3) is 4.16. The molecule has 2 aliphatic heterocycles. The molecule has 1 atom stereocenters. The molecule has 2 aliphatic rings. The molecule has 4 rings (SSSR count). The van der Waals surface area contributed by atoms with Gasteiger partial charge in [-0.25, -0.2) is 8.78 Å². The summed E-state index contributed by atoms with van der Waals surface area (Å²) in [4.78, 5) is 14.6. The van der Waals surface area contributed by atoms with Gasteiger partial charge in [0.15, 0.2) is 11.6 Å². The number of benzene rings is 2. The predicted molar refractivity (Wildman–Crippen MR) is 114 cm³/mol. The summed E-state index contributed by atoms with van der Waals surface area (Å²) < 4.78 is 56.2. The van der Waals surface area contributed by atoms with Gasteiger partial charge in [0.2, 0.25) is 0 Å². The van der Waals surface area contributed by atoms with Crippen LogP contribution in [0.5, 0.6) is 0 Å². The molecule has 1 amide bonds. The molecule has 1 unspecified atom stereocenters. The maximum absolute atomic E-state index is 13.5. The monoisotopic (exact) mass is 467 g/mol. The third-order valence-electron chi connectivity index (χ3n) is 5.47. The molecule has 164 valence electrons. The van der Waals surface area contributed by atoms with Gasteiger partial charge in [-0.3, -0.25) is 4.79 Å². The number of fused-ring (bicyclic) bond motifs is 3. The van der Waals surface area contributed by atoms with Gasteiger partial charge in [-0.05, 0) is 49.6 Å². The Morgan fingerprint density at radius 2 is 1.94 bits per heavy atom. The zero-order valence-electron chi connectivity index (χ0n) is 16.7. The highest BCUT2D eigenvalue weighted by molar-refractivity contribution is 7.90. The first-order chi connectivity index (χ1) is 14.7. The van der Waals surface area contributed by atoms with Gasteiger partial charge in [-0.1, -0.05) is 24.1 Å². The van der Waals surface area contributed by atoms with Crippen LogP contribution in [0.4, 0.5) is 14.5 Å². The fourth-order valence-corrected chi connectivity index (χ4v) is 5.32. The van der Waals surface area contributed by atoms with Crippen molar-refractivity contribution in [1.29, 1.82) is 0 Å². The number of carbonyl (C=O) groups is 1. The van der Waals surface area contributed by atoms with E-state index in [1.54, 1.807) is 6.92 Å². The summed E-state index contributed by atoms with van der Waals surface area (Å²) in [5, 5.41) is 2.74. The molecule has 1 saturated heterocycles. The number of hydrogen-bond donors (Lipinski definition) is 1. The SMILES string of the molecule is CC(NC(=O)c1cc2c(cc1Cl)N1CCCCCC1=NS2(=O)=O)c1ccc(F)c(F)c1. The number of nitrogens with one attached hydrogen (secondary N) is 1. The van der Waals surface area contributed by atoms with Crippen molar-refractivity contribution in [2.24, 2.45) is 4.40 Å². The molecule has 0 aliphatic carbocycles. The highest BCUT2D eigenvalue weighted by Gasteiger charge is 2.33. The van der Waals surface area contributed by atoms with Crippen molar-refractivity contribution in [2.45, 2.75) is 43.5 Å². The Morgan fingerprint density at radius 1 is 1.16 bits per heavy atom. The standard InChI is InChI=1S/C21H20ClF2N3O3S/c1-12(13-6-7-16(23)17(24)9-13)25-21(28)14-10-19-18(11-15(14)22)27-8-4-2-3-5-20(27)26-31(19,29)30/h6-7,9-12H,2-5,8H2,1H3,(H,25,28). The summed E-state index contributed by atoms with van der Waals surface area (Å²) >= 11 is 6.36. The Balaban J connectivity index is 1.67. The van der Waals surface area contributed by atoms with E-state index in [4.69, 9.17) is 11.6 Å². The molecule has 6 nitrogen and oxygen atoms in total. The van der Waals surface area contributed by atoms with Crippen molar-refractivity contribution in [3.63, 3.8) is 0 Å². The van der Waals surface area contributed by atoms with Gasteiger partial charge in [0.25, 0.3) is 15.9 Å².